The lowest BCUT2D eigenvalue weighted by molar-refractivity contribution is -0.134. The summed E-state index contributed by atoms with van der Waals surface area (Å²) in [7, 11) is 0. The monoisotopic (exact) mass is 366 g/mol. The highest BCUT2D eigenvalue weighted by Crippen LogP contribution is 2.22. The number of piperidine rings is 1. The van der Waals surface area contributed by atoms with Gasteiger partial charge in [0.05, 0.1) is 0 Å². The minimum atomic E-state index is -0.137. The largest absolute Gasteiger partial charge is 0.484 e. The second kappa shape index (κ2) is 9.21. The third-order valence-corrected chi connectivity index (χ3v) is 4.85. The van der Waals surface area contributed by atoms with Crippen molar-refractivity contribution in [3.63, 3.8) is 0 Å². The van der Waals surface area contributed by atoms with E-state index in [2.05, 4.69) is 29.6 Å². The van der Waals surface area contributed by atoms with E-state index < -0.39 is 0 Å². The molecule has 27 heavy (non-hydrogen) atoms. The number of likely N-dealkylation sites (tertiary alicyclic amines) is 1. The van der Waals surface area contributed by atoms with Gasteiger partial charge in [0.2, 0.25) is 5.91 Å². The fourth-order valence-electron chi connectivity index (χ4n) is 3.44. The van der Waals surface area contributed by atoms with E-state index in [1.807, 2.05) is 11.0 Å². The molecule has 142 valence electrons. The lowest BCUT2D eigenvalue weighted by Crippen LogP contribution is -2.41. The predicted molar refractivity (Wildman–Crippen MR) is 106 cm³/mol. The second-order valence-corrected chi connectivity index (χ2v) is 7.01. The van der Waals surface area contributed by atoms with Gasteiger partial charge in [0.25, 0.3) is 5.91 Å². The maximum atomic E-state index is 12.4. The molecule has 0 aromatic heterocycles. The molecule has 1 saturated heterocycles. The molecule has 5 nitrogen and oxygen atoms in total. The van der Waals surface area contributed by atoms with Crippen LogP contribution in [0.3, 0.4) is 0 Å². The summed E-state index contributed by atoms with van der Waals surface area (Å²) >= 11 is 0. The molecule has 1 heterocycles. The Morgan fingerprint density at radius 3 is 2.52 bits per heavy atom. The number of anilines is 1. The molecule has 0 saturated carbocycles. The SMILES string of the molecule is CC(=O)Nc1cccc(OCC(=O)N2CCC(Cc3ccccc3)CC2)c1. The molecule has 0 radical (unpaired) electrons. The molecule has 1 fully saturated rings. The summed E-state index contributed by atoms with van der Waals surface area (Å²) in [5.74, 6) is 1.08. The summed E-state index contributed by atoms with van der Waals surface area (Å²) in [5.41, 5.74) is 2.03. The number of hydrogen-bond donors (Lipinski definition) is 1. The molecule has 1 aliphatic rings. The predicted octanol–water partition coefficient (Wildman–Crippen LogP) is 3.51. The van der Waals surface area contributed by atoms with Crippen molar-refractivity contribution in [2.45, 2.75) is 26.2 Å². The van der Waals surface area contributed by atoms with Gasteiger partial charge in [-0.25, -0.2) is 0 Å². The first kappa shape index (κ1) is 19.0. The van der Waals surface area contributed by atoms with Crippen LogP contribution in [0.2, 0.25) is 0 Å². The lowest BCUT2D eigenvalue weighted by Gasteiger charge is -2.32. The van der Waals surface area contributed by atoms with Gasteiger partial charge in [0.15, 0.2) is 6.61 Å². The molecule has 3 rings (SSSR count). The Morgan fingerprint density at radius 1 is 1.07 bits per heavy atom. The number of benzene rings is 2. The average molecular weight is 366 g/mol. The number of nitrogens with one attached hydrogen (secondary N) is 1. The second-order valence-electron chi connectivity index (χ2n) is 7.01. The molecular formula is C22H26N2O3. The van der Waals surface area contributed by atoms with Gasteiger partial charge in [-0.15, -0.1) is 0 Å². The Bertz CT molecular complexity index is 768. The molecule has 1 aliphatic heterocycles. The van der Waals surface area contributed by atoms with Crippen LogP contribution in [0.1, 0.15) is 25.3 Å². The van der Waals surface area contributed by atoms with Crippen LogP contribution >= 0.6 is 0 Å². The highest BCUT2D eigenvalue weighted by molar-refractivity contribution is 5.88. The van der Waals surface area contributed by atoms with Crippen LogP contribution in [0, 0.1) is 5.92 Å². The van der Waals surface area contributed by atoms with E-state index in [-0.39, 0.29) is 18.4 Å². The standard InChI is InChI=1S/C22H26N2O3/c1-17(25)23-20-8-5-9-21(15-20)27-16-22(26)24-12-10-19(11-13-24)14-18-6-3-2-4-7-18/h2-9,15,19H,10-14,16H2,1H3,(H,23,25). The maximum Gasteiger partial charge on any atom is 0.260 e. The van der Waals surface area contributed by atoms with Gasteiger partial charge < -0.3 is 15.0 Å². The number of carbonyl (C=O) groups is 2. The quantitative estimate of drug-likeness (QED) is 0.851. The smallest absolute Gasteiger partial charge is 0.260 e. The van der Waals surface area contributed by atoms with E-state index in [1.54, 1.807) is 24.3 Å². The van der Waals surface area contributed by atoms with Gasteiger partial charge >= 0.3 is 0 Å². The van der Waals surface area contributed by atoms with Crippen molar-refractivity contribution in [2.75, 3.05) is 25.0 Å². The molecule has 0 atom stereocenters. The Hall–Kier alpha value is -2.82. The fourth-order valence-corrected chi connectivity index (χ4v) is 3.44. The van der Waals surface area contributed by atoms with Crippen LogP contribution in [-0.4, -0.2) is 36.4 Å². The molecule has 5 heteroatoms. The molecule has 0 aliphatic carbocycles. The van der Waals surface area contributed by atoms with E-state index in [4.69, 9.17) is 4.74 Å². The third kappa shape index (κ3) is 5.84. The Labute approximate surface area is 160 Å². The van der Waals surface area contributed by atoms with Crippen molar-refractivity contribution in [3.05, 3.63) is 60.2 Å². The molecular weight excluding hydrogens is 340 g/mol. The lowest BCUT2D eigenvalue weighted by atomic mass is 9.90. The van der Waals surface area contributed by atoms with Crippen molar-refractivity contribution >= 4 is 17.5 Å². The van der Waals surface area contributed by atoms with Crippen molar-refractivity contribution in [2.24, 2.45) is 5.92 Å². The molecule has 2 aromatic carbocycles. The van der Waals surface area contributed by atoms with Crippen LogP contribution in [-0.2, 0) is 16.0 Å². The first-order valence-electron chi connectivity index (χ1n) is 9.42. The summed E-state index contributed by atoms with van der Waals surface area (Å²) in [5, 5.41) is 2.71. The average Bonchev–Trinajstić information content (AvgIpc) is 2.67. The minimum absolute atomic E-state index is 0.0121. The van der Waals surface area contributed by atoms with Crippen LogP contribution in [0.5, 0.6) is 5.75 Å². The van der Waals surface area contributed by atoms with E-state index in [0.717, 1.165) is 32.4 Å². The van der Waals surface area contributed by atoms with Gasteiger partial charge in [-0.3, -0.25) is 9.59 Å². The zero-order valence-corrected chi connectivity index (χ0v) is 15.7. The van der Waals surface area contributed by atoms with E-state index in [9.17, 15) is 9.59 Å². The van der Waals surface area contributed by atoms with Gasteiger partial charge in [-0.05, 0) is 42.9 Å². The number of carbonyl (C=O) groups excluding carboxylic acids is 2. The number of amides is 2. The molecule has 1 N–H and O–H groups in total. The zero-order chi connectivity index (χ0) is 19.1. The van der Waals surface area contributed by atoms with Crippen LogP contribution in [0.25, 0.3) is 0 Å². The van der Waals surface area contributed by atoms with Crippen LogP contribution in [0.4, 0.5) is 5.69 Å². The zero-order valence-electron chi connectivity index (χ0n) is 15.7. The van der Waals surface area contributed by atoms with Gasteiger partial charge in [-0.1, -0.05) is 36.4 Å². The van der Waals surface area contributed by atoms with Gasteiger partial charge in [-0.2, -0.15) is 0 Å². The summed E-state index contributed by atoms with van der Waals surface area (Å²) in [4.78, 5) is 25.4. The number of ether oxygens (including phenoxy) is 1. The summed E-state index contributed by atoms with van der Waals surface area (Å²) < 4.78 is 5.62. The minimum Gasteiger partial charge on any atom is -0.484 e. The highest BCUT2D eigenvalue weighted by atomic mass is 16.5. The first-order valence-corrected chi connectivity index (χ1v) is 9.42. The first-order chi connectivity index (χ1) is 13.1. The normalized spacial score (nSPS) is 14.6. The fraction of sp³-hybridized carbons (Fsp3) is 0.364. The summed E-state index contributed by atoms with van der Waals surface area (Å²) in [6.45, 7) is 3.04. The van der Waals surface area contributed by atoms with E-state index in [1.165, 1.54) is 12.5 Å². The molecule has 0 bridgehead atoms. The maximum absolute atomic E-state index is 12.4. The van der Waals surface area contributed by atoms with E-state index >= 15 is 0 Å². The highest BCUT2D eigenvalue weighted by Gasteiger charge is 2.23. The van der Waals surface area contributed by atoms with Crippen molar-refractivity contribution in [1.82, 2.24) is 4.90 Å². The number of nitrogens with zero attached hydrogens (tertiary/aromatic N) is 1. The molecule has 2 amide bonds. The summed E-state index contributed by atoms with van der Waals surface area (Å²) in [6, 6.07) is 17.6. The molecule has 0 unspecified atom stereocenters. The van der Waals surface area contributed by atoms with Crippen molar-refractivity contribution in [3.8, 4) is 5.75 Å². The van der Waals surface area contributed by atoms with Gasteiger partial charge in [0.1, 0.15) is 5.75 Å². The van der Waals surface area contributed by atoms with Gasteiger partial charge in [0, 0.05) is 31.8 Å². The molecule has 0 spiro atoms. The number of rotatable bonds is 6. The summed E-state index contributed by atoms with van der Waals surface area (Å²) in [6.07, 6.45) is 3.13. The van der Waals surface area contributed by atoms with E-state index in [0.29, 0.717) is 17.4 Å². The Morgan fingerprint density at radius 2 is 1.81 bits per heavy atom. The topological polar surface area (TPSA) is 58.6 Å². The van der Waals surface area contributed by atoms with Crippen LogP contribution < -0.4 is 10.1 Å². The molecule has 2 aromatic rings. The van der Waals surface area contributed by atoms with Crippen LogP contribution in [0.15, 0.2) is 54.6 Å². The number of hydrogen-bond acceptors (Lipinski definition) is 3. The Balaban J connectivity index is 1.44. The van der Waals surface area contributed by atoms with Crippen molar-refractivity contribution < 1.29 is 14.3 Å². The Kier molecular flexibility index (Phi) is 6.47. The third-order valence-electron chi connectivity index (χ3n) is 4.85. The van der Waals surface area contributed by atoms with Crippen molar-refractivity contribution in [1.29, 1.82) is 0 Å².